The van der Waals surface area contributed by atoms with Gasteiger partial charge in [0.25, 0.3) is 5.91 Å². The van der Waals surface area contributed by atoms with Gasteiger partial charge in [-0.25, -0.2) is 0 Å². The number of carbonyl (C=O) groups is 2. The molecule has 2 amide bonds. The summed E-state index contributed by atoms with van der Waals surface area (Å²) in [6, 6.07) is 6.10. The summed E-state index contributed by atoms with van der Waals surface area (Å²) in [7, 11) is 1.71. The molecule has 31 heavy (non-hydrogen) atoms. The van der Waals surface area contributed by atoms with E-state index in [1.807, 2.05) is 17.9 Å². The van der Waals surface area contributed by atoms with E-state index >= 15 is 0 Å². The first-order chi connectivity index (χ1) is 14.9. The maximum Gasteiger partial charge on any atom is 0.256 e. The number of ether oxygens (including phenoxy) is 2. The Morgan fingerprint density at radius 3 is 2.71 bits per heavy atom. The molecule has 2 saturated heterocycles. The smallest absolute Gasteiger partial charge is 0.256 e. The molecule has 4 atom stereocenters. The number of amides is 2. The van der Waals surface area contributed by atoms with E-state index in [-0.39, 0.29) is 36.2 Å². The molecule has 1 N–H and O–H groups in total. The summed E-state index contributed by atoms with van der Waals surface area (Å²) in [5.74, 6) is 0.258. The van der Waals surface area contributed by atoms with Crippen molar-refractivity contribution >= 4 is 23.2 Å². The van der Waals surface area contributed by atoms with Gasteiger partial charge in [0.05, 0.1) is 17.4 Å². The van der Waals surface area contributed by atoms with Crippen LogP contribution < -0.4 is 15.1 Å². The molecular formula is C23H34N4O4. The van der Waals surface area contributed by atoms with Gasteiger partial charge in [-0.2, -0.15) is 0 Å². The first kappa shape index (κ1) is 22.2. The molecule has 3 aliphatic heterocycles. The largest absolute Gasteiger partial charge is 0.368 e. The van der Waals surface area contributed by atoms with Gasteiger partial charge < -0.3 is 19.3 Å². The average Bonchev–Trinajstić information content (AvgIpc) is 3.32. The molecule has 0 aromatic heterocycles. The van der Waals surface area contributed by atoms with Crippen molar-refractivity contribution in [2.75, 3.05) is 49.7 Å². The predicted octanol–water partition coefficient (Wildman–Crippen LogP) is 1.89. The molecule has 3 aliphatic rings. The molecule has 4 rings (SSSR count). The third-order valence-corrected chi connectivity index (χ3v) is 6.67. The second-order valence-electron chi connectivity index (χ2n) is 8.72. The summed E-state index contributed by atoms with van der Waals surface area (Å²) in [6.07, 6.45) is 1.20. The van der Waals surface area contributed by atoms with Crippen LogP contribution in [-0.4, -0.2) is 75.1 Å². The number of carbonyl (C=O) groups excluding carboxylic acids is 2. The summed E-state index contributed by atoms with van der Waals surface area (Å²) in [5.41, 5.74) is 2.76. The minimum atomic E-state index is -0.387. The molecule has 0 spiro atoms. The van der Waals surface area contributed by atoms with Crippen LogP contribution in [0.2, 0.25) is 0 Å². The van der Waals surface area contributed by atoms with Crippen molar-refractivity contribution in [3.63, 3.8) is 0 Å². The highest BCUT2D eigenvalue weighted by Crippen LogP contribution is 2.39. The number of nitrogens with zero attached hydrogens (tertiary/aromatic N) is 3. The molecule has 4 unspecified atom stereocenters. The van der Waals surface area contributed by atoms with Gasteiger partial charge in [-0.3, -0.25) is 19.8 Å². The predicted molar refractivity (Wildman–Crippen MR) is 119 cm³/mol. The van der Waals surface area contributed by atoms with Crippen molar-refractivity contribution < 1.29 is 19.1 Å². The molecule has 0 saturated carbocycles. The van der Waals surface area contributed by atoms with Gasteiger partial charge in [-0.15, -0.1) is 0 Å². The fourth-order valence-corrected chi connectivity index (χ4v) is 5.10. The van der Waals surface area contributed by atoms with Crippen molar-refractivity contribution in [3.8, 4) is 0 Å². The summed E-state index contributed by atoms with van der Waals surface area (Å²) in [6.45, 7) is 9.35. The van der Waals surface area contributed by atoms with Crippen LogP contribution in [0.5, 0.6) is 0 Å². The minimum Gasteiger partial charge on any atom is -0.368 e. The number of benzene rings is 1. The zero-order valence-electron chi connectivity index (χ0n) is 19.0. The number of anilines is 2. The molecule has 0 radical (unpaired) electrons. The van der Waals surface area contributed by atoms with Crippen LogP contribution in [0.4, 0.5) is 11.4 Å². The zero-order chi connectivity index (χ0) is 22.1. The number of rotatable bonds is 4. The highest BCUT2D eigenvalue weighted by Gasteiger charge is 2.38. The average molecular weight is 431 g/mol. The van der Waals surface area contributed by atoms with Gasteiger partial charge in [-0.05, 0) is 44.0 Å². The Kier molecular flexibility index (Phi) is 6.62. The van der Waals surface area contributed by atoms with Gasteiger partial charge in [0, 0.05) is 46.2 Å². The summed E-state index contributed by atoms with van der Waals surface area (Å²) < 4.78 is 11.2. The Balaban J connectivity index is 1.68. The van der Waals surface area contributed by atoms with Crippen molar-refractivity contribution in [3.05, 3.63) is 23.8 Å². The van der Waals surface area contributed by atoms with Crippen LogP contribution in [0.3, 0.4) is 0 Å². The Morgan fingerprint density at radius 2 is 2.06 bits per heavy atom. The van der Waals surface area contributed by atoms with Gasteiger partial charge in [-0.1, -0.05) is 13.0 Å². The third kappa shape index (κ3) is 4.22. The Labute approximate surface area is 184 Å². The van der Waals surface area contributed by atoms with E-state index in [1.54, 1.807) is 18.9 Å². The fraction of sp³-hybridized carbons (Fsp3) is 0.652. The molecule has 0 bridgehead atoms. The van der Waals surface area contributed by atoms with E-state index in [1.165, 1.54) is 0 Å². The van der Waals surface area contributed by atoms with Crippen molar-refractivity contribution in [2.24, 2.45) is 0 Å². The molecule has 170 valence electrons. The second kappa shape index (κ2) is 9.24. The minimum absolute atomic E-state index is 0.00218. The maximum atomic E-state index is 13.3. The van der Waals surface area contributed by atoms with Crippen LogP contribution >= 0.6 is 0 Å². The van der Waals surface area contributed by atoms with Gasteiger partial charge >= 0.3 is 0 Å². The summed E-state index contributed by atoms with van der Waals surface area (Å²) in [5, 5.41) is 3.45. The van der Waals surface area contributed by atoms with E-state index < -0.39 is 0 Å². The lowest BCUT2D eigenvalue weighted by atomic mass is 9.94. The van der Waals surface area contributed by atoms with E-state index in [0.29, 0.717) is 13.2 Å². The highest BCUT2D eigenvalue weighted by molar-refractivity contribution is 6.05. The normalized spacial score (nSPS) is 29.2. The monoisotopic (exact) mass is 430 g/mol. The quantitative estimate of drug-likeness (QED) is 0.787. The summed E-state index contributed by atoms with van der Waals surface area (Å²) in [4.78, 5) is 31.6. The third-order valence-electron chi connectivity index (χ3n) is 6.67. The highest BCUT2D eigenvalue weighted by atomic mass is 16.5. The fourth-order valence-electron chi connectivity index (χ4n) is 5.10. The number of hydrogen-bond donors (Lipinski definition) is 1. The lowest BCUT2D eigenvalue weighted by Gasteiger charge is -2.42. The lowest BCUT2D eigenvalue weighted by molar-refractivity contribution is -0.127. The van der Waals surface area contributed by atoms with Crippen molar-refractivity contribution in [2.45, 2.75) is 58.0 Å². The molecule has 0 aliphatic carbocycles. The van der Waals surface area contributed by atoms with Crippen LogP contribution in [-0.2, 0) is 19.1 Å². The molecule has 8 nitrogen and oxygen atoms in total. The SMILES string of the molecule is CCN1CC(c2ccc3c(c2)N(C(=O)C2CCCO2)CC(C)N3C(C)=O)CNC1OC. The Morgan fingerprint density at radius 1 is 1.26 bits per heavy atom. The standard InChI is InChI=1S/C23H34N4O4/c1-5-25-14-18(12-24-23(25)30-4)17-8-9-19-20(11-17)26(13-15(2)27(19)16(3)28)22(29)21-7-6-10-31-21/h8-9,11,15,18,21,23-24H,5-7,10,12-14H2,1-4H3. The van der Waals surface area contributed by atoms with Crippen LogP contribution in [0.15, 0.2) is 18.2 Å². The number of fused-ring (bicyclic) bond motifs is 1. The van der Waals surface area contributed by atoms with Crippen LogP contribution in [0.25, 0.3) is 0 Å². The Hall–Kier alpha value is -2.00. The number of methoxy groups -OCH3 is 1. The van der Waals surface area contributed by atoms with Crippen LogP contribution in [0, 0.1) is 0 Å². The molecular weight excluding hydrogens is 396 g/mol. The van der Waals surface area contributed by atoms with Crippen LogP contribution in [0.1, 0.15) is 45.1 Å². The van der Waals surface area contributed by atoms with E-state index in [4.69, 9.17) is 9.47 Å². The number of hydrogen-bond acceptors (Lipinski definition) is 6. The summed E-state index contributed by atoms with van der Waals surface area (Å²) >= 11 is 0. The maximum absolute atomic E-state index is 13.3. The molecule has 1 aromatic rings. The molecule has 2 fully saturated rings. The first-order valence-corrected chi connectivity index (χ1v) is 11.3. The molecule has 8 heteroatoms. The zero-order valence-corrected chi connectivity index (χ0v) is 19.0. The van der Waals surface area contributed by atoms with Gasteiger partial charge in [0.2, 0.25) is 5.91 Å². The molecule has 1 aromatic carbocycles. The van der Waals surface area contributed by atoms with Crippen molar-refractivity contribution in [1.82, 2.24) is 10.2 Å². The first-order valence-electron chi connectivity index (χ1n) is 11.3. The van der Waals surface area contributed by atoms with Crippen molar-refractivity contribution in [1.29, 1.82) is 0 Å². The molecule has 3 heterocycles. The number of nitrogens with one attached hydrogen (secondary N) is 1. The van der Waals surface area contributed by atoms with E-state index in [9.17, 15) is 9.59 Å². The van der Waals surface area contributed by atoms with Gasteiger partial charge in [0.15, 0.2) is 6.35 Å². The van der Waals surface area contributed by atoms with E-state index in [0.717, 1.165) is 49.4 Å². The topological polar surface area (TPSA) is 74.4 Å². The van der Waals surface area contributed by atoms with Gasteiger partial charge in [0.1, 0.15) is 6.10 Å². The number of likely N-dealkylation sites (N-methyl/N-ethyl adjacent to an activating group) is 1. The lowest BCUT2D eigenvalue weighted by Crippen LogP contribution is -2.55. The van der Waals surface area contributed by atoms with E-state index in [2.05, 4.69) is 29.3 Å². The second-order valence-corrected chi connectivity index (χ2v) is 8.72. The Bertz CT molecular complexity index is 826.